The number of aromatic amines is 1. The summed E-state index contributed by atoms with van der Waals surface area (Å²) in [6, 6.07) is 12.1. The van der Waals surface area contributed by atoms with Crippen LogP contribution in [0.15, 0.2) is 48.7 Å². The average Bonchev–Trinajstić information content (AvgIpc) is 3.00. The summed E-state index contributed by atoms with van der Waals surface area (Å²) in [5.74, 6) is -0.240. The van der Waals surface area contributed by atoms with Crippen molar-refractivity contribution in [1.82, 2.24) is 15.5 Å². The van der Waals surface area contributed by atoms with Crippen molar-refractivity contribution in [2.45, 2.75) is 6.10 Å². The van der Waals surface area contributed by atoms with E-state index in [9.17, 15) is 9.90 Å². The van der Waals surface area contributed by atoms with Crippen LogP contribution in [0.5, 0.6) is 0 Å². The zero-order chi connectivity index (χ0) is 15.5. The van der Waals surface area contributed by atoms with Crippen molar-refractivity contribution in [1.29, 1.82) is 0 Å². The van der Waals surface area contributed by atoms with Crippen LogP contribution in [0, 0.1) is 0 Å². The summed E-state index contributed by atoms with van der Waals surface area (Å²) < 4.78 is 0. The minimum absolute atomic E-state index is 0.129. The fourth-order valence-corrected chi connectivity index (χ4v) is 2.30. The largest absolute Gasteiger partial charge is 0.387 e. The number of H-pyrrole nitrogens is 1. The van der Waals surface area contributed by atoms with Crippen LogP contribution >= 0.6 is 11.6 Å². The monoisotopic (exact) mass is 315 g/mol. The second kappa shape index (κ2) is 6.17. The normalized spacial score (nSPS) is 12.3. The summed E-state index contributed by atoms with van der Waals surface area (Å²) in [6.45, 7) is 0.129. The van der Waals surface area contributed by atoms with Gasteiger partial charge >= 0.3 is 0 Å². The molecule has 2 aromatic carbocycles. The minimum Gasteiger partial charge on any atom is -0.387 e. The lowest BCUT2D eigenvalue weighted by atomic mass is 10.1. The number of halogens is 1. The molecule has 0 fully saturated rings. The van der Waals surface area contributed by atoms with Crippen molar-refractivity contribution in [2.24, 2.45) is 0 Å². The van der Waals surface area contributed by atoms with Gasteiger partial charge in [-0.2, -0.15) is 5.10 Å². The summed E-state index contributed by atoms with van der Waals surface area (Å²) in [5.41, 5.74) is 2.10. The molecular weight excluding hydrogens is 302 g/mol. The van der Waals surface area contributed by atoms with Gasteiger partial charge < -0.3 is 10.4 Å². The highest BCUT2D eigenvalue weighted by atomic mass is 35.5. The average molecular weight is 316 g/mol. The Morgan fingerprint density at radius 2 is 2.05 bits per heavy atom. The smallest absolute Gasteiger partial charge is 0.251 e. The standard InChI is InChI=1S/C16H14ClN3O2/c17-13-4-1-10(2-5-13)15(21)9-18-16(22)11-3-6-14-12(7-11)8-19-20-14/h1-8,15,21H,9H2,(H,18,22)(H,19,20). The fourth-order valence-electron chi connectivity index (χ4n) is 2.18. The Labute approximate surface area is 131 Å². The van der Waals surface area contributed by atoms with E-state index in [4.69, 9.17) is 11.6 Å². The van der Waals surface area contributed by atoms with E-state index in [2.05, 4.69) is 15.5 Å². The van der Waals surface area contributed by atoms with Crippen LogP contribution in [0.25, 0.3) is 10.9 Å². The number of aliphatic hydroxyl groups is 1. The second-order valence-electron chi connectivity index (χ2n) is 4.95. The maximum Gasteiger partial charge on any atom is 0.251 e. The van der Waals surface area contributed by atoms with E-state index in [1.165, 1.54) is 0 Å². The van der Waals surface area contributed by atoms with Gasteiger partial charge in [0.25, 0.3) is 5.91 Å². The molecule has 0 spiro atoms. The maximum absolute atomic E-state index is 12.1. The number of hydrogen-bond acceptors (Lipinski definition) is 3. The number of nitrogens with zero attached hydrogens (tertiary/aromatic N) is 1. The highest BCUT2D eigenvalue weighted by Crippen LogP contribution is 2.16. The third kappa shape index (κ3) is 3.10. The summed E-state index contributed by atoms with van der Waals surface area (Å²) in [4.78, 5) is 12.1. The molecule has 3 aromatic rings. The van der Waals surface area contributed by atoms with Crippen LogP contribution in [0.1, 0.15) is 22.0 Å². The number of carbonyl (C=O) groups is 1. The van der Waals surface area contributed by atoms with Crippen LogP contribution in [0.4, 0.5) is 0 Å². The quantitative estimate of drug-likeness (QED) is 0.692. The van der Waals surface area contributed by atoms with Crippen LogP contribution < -0.4 is 5.32 Å². The number of hydrogen-bond donors (Lipinski definition) is 3. The van der Waals surface area contributed by atoms with Gasteiger partial charge in [-0.15, -0.1) is 0 Å². The predicted octanol–water partition coefficient (Wildman–Crippen LogP) is 2.68. The molecule has 112 valence electrons. The van der Waals surface area contributed by atoms with E-state index in [0.29, 0.717) is 16.1 Å². The molecule has 0 bridgehead atoms. The summed E-state index contributed by atoms with van der Waals surface area (Å²) in [5, 5.41) is 21.0. The van der Waals surface area contributed by atoms with Gasteiger partial charge in [0, 0.05) is 22.5 Å². The molecule has 22 heavy (non-hydrogen) atoms. The Kier molecular flexibility index (Phi) is 4.09. The Balaban J connectivity index is 1.65. The first kappa shape index (κ1) is 14.6. The Bertz CT molecular complexity index is 799. The number of benzene rings is 2. The van der Waals surface area contributed by atoms with Gasteiger partial charge in [0.1, 0.15) is 0 Å². The highest BCUT2D eigenvalue weighted by Gasteiger charge is 2.11. The lowest BCUT2D eigenvalue weighted by Gasteiger charge is -2.12. The van der Waals surface area contributed by atoms with Crippen molar-refractivity contribution in [3.05, 3.63) is 64.8 Å². The summed E-state index contributed by atoms with van der Waals surface area (Å²) >= 11 is 5.80. The molecule has 1 unspecified atom stereocenters. The third-order valence-corrected chi connectivity index (χ3v) is 3.67. The number of amides is 1. The van der Waals surface area contributed by atoms with Gasteiger partial charge in [-0.3, -0.25) is 9.89 Å². The van der Waals surface area contributed by atoms with Crippen LogP contribution in [0.3, 0.4) is 0 Å². The number of aliphatic hydroxyl groups excluding tert-OH is 1. The van der Waals surface area contributed by atoms with E-state index in [-0.39, 0.29) is 12.5 Å². The van der Waals surface area contributed by atoms with Crippen molar-refractivity contribution >= 4 is 28.4 Å². The molecule has 1 aromatic heterocycles. The number of nitrogens with one attached hydrogen (secondary N) is 2. The SMILES string of the molecule is O=C(NCC(O)c1ccc(Cl)cc1)c1ccc2[nH]ncc2c1. The lowest BCUT2D eigenvalue weighted by molar-refractivity contribution is 0.0916. The molecular formula is C16H14ClN3O2. The van der Waals surface area contributed by atoms with Crippen LogP contribution in [-0.4, -0.2) is 27.8 Å². The van der Waals surface area contributed by atoms with Gasteiger partial charge in [0.15, 0.2) is 0 Å². The molecule has 6 heteroatoms. The van der Waals surface area contributed by atoms with Crippen molar-refractivity contribution < 1.29 is 9.90 Å². The Hall–Kier alpha value is -2.37. The number of aromatic nitrogens is 2. The van der Waals surface area contributed by atoms with Gasteiger partial charge in [0.2, 0.25) is 0 Å². The summed E-state index contributed by atoms with van der Waals surface area (Å²) in [6.07, 6.45) is 0.883. The minimum atomic E-state index is -0.779. The van der Waals surface area contributed by atoms with E-state index in [1.54, 1.807) is 48.7 Å². The zero-order valence-electron chi connectivity index (χ0n) is 11.6. The predicted molar refractivity (Wildman–Crippen MR) is 84.8 cm³/mol. The van der Waals surface area contributed by atoms with Crippen molar-refractivity contribution in [3.8, 4) is 0 Å². The van der Waals surface area contributed by atoms with Crippen LogP contribution in [0.2, 0.25) is 5.02 Å². The molecule has 0 aliphatic carbocycles. The number of rotatable bonds is 4. The van der Waals surface area contributed by atoms with E-state index < -0.39 is 6.10 Å². The number of carbonyl (C=O) groups excluding carboxylic acids is 1. The highest BCUT2D eigenvalue weighted by molar-refractivity contribution is 6.30. The lowest BCUT2D eigenvalue weighted by Crippen LogP contribution is -2.28. The molecule has 0 saturated carbocycles. The fraction of sp³-hybridized carbons (Fsp3) is 0.125. The molecule has 3 N–H and O–H groups in total. The van der Waals surface area contributed by atoms with Gasteiger partial charge in [-0.25, -0.2) is 0 Å². The molecule has 0 saturated heterocycles. The molecule has 5 nitrogen and oxygen atoms in total. The Morgan fingerprint density at radius 3 is 2.82 bits per heavy atom. The first-order valence-corrected chi connectivity index (χ1v) is 7.16. The van der Waals surface area contributed by atoms with Gasteiger partial charge in [-0.05, 0) is 35.9 Å². The van der Waals surface area contributed by atoms with E-state index in [0.717, 1.165) is 10.9 Å². The zero-order valence-corrected chi connectivity index (χ0v) is 12.3. The van der Waals surface area contributed by atoms with Gasteiger partial charge in [-0.1, -0.05) is 23.7 Å². The van der Waals surface area contributed by atoms with Crippen molar-refractivity contribution in [3.63, 3.8) is 0 Å². The molecule has 0 radical (unpaired) electrons. The second-order valence-corrected chi connectivity index (χ2v) is 5.39. The molecule has 1 amide bonds. The van der Waals surface area contributed by atoms with E-state index in [1.807, 2.05) is 0 Å². The topological polar surface area (TPSA) is 78.0 Å². The first-order chi connectivity index (χ1) is 10.6. The molecule has 0 aliphatic heterocycles. The number of fused-ring (bicyclic) bond motifs is 1. The molecule has 3 rings (SSSR count). The van der Waals surface area contributed by atoms with Gasteiger partial charge in [0.05, 0.1) is 17.8 Å². The van der Waals surface area contributed by atoms with Crippen LogP contribution in [-0.2, 0) is 0 Å². The Morgan fingerprint density at radius 1 is 1.27 bits per heavy atom. The summed E-state index contributed by atoms with van der Waals surface area (Å²) in [7, 11) is 0. The van der Waals surface area contributed by atoms with E-state index >= 15 is 0 Å². The van der Waals surface area contributed by atoms with Crippen molar-refractivity contribution in [2.75, 3.05) is 6.54 Å². The molecule has 0 aliphatic rings. The first-order valence-electron chi connectivity index (χ1n) is 6.78. The molecule has 1 atom stereocenters. The molecule has 1 heterocycles. The maximum atomic E-state index is 12.1. The third-order valence-electron chi connectivity index (χ3n) is 3.41.